The predicted octanol–water partition coefficient (Wildman–Crippen LogP) is 11.0. The lowest BCUT2D eigenvalue weighted by Gasteiger charge is -2.40. The summed E-state index contributed by atoms with van der Waals surface area (Å²) in [5.74, 6) is 1.53. The van der Waals surface area contributed by atoms with Gasteiger partial charge in [-0.2, -0.15) is 9.13 Å². The van der Waals surface area contributed by atoms with E-state index >= 15 is 0 Å². The van der Waals surface area contributed by atoms with Crippen LogP contribution in [0.1, 0.15) is 86.6 Å². The van der Waals surface area contributed by atoms with Gasteiger partial charge in [-0.1, -0.05) is 87.9 Å². The van der Waals surface area contributed by atoms with Gasteiger partial charge in [0.15, 0.2) is 11.7 Å². The van der Waals surface area contributed by atoms with E-state index in [1.807, 2.05) is 0 Å². The summed E-state index contributed by atoms with van der Waals surface area (Å²) in [7, 11) is 2.17. The number of aryl methyl sites for hydroxylation is 5. The highest BCUT2D eigenvalue weighted by Gasteiger charge is 2.51. The van der Waals surface area contributed by atoms with Crippen LogP contribution in [0.4, 0.5) is 0 Å². The number of para-hydroxylation sites is 1. The molecule has 4 heterocycles. The second kappa shape index (κ2) is 13.3. The molecule has 1 aliphatic rings. The number of unbranched alkanes of at least 4 members (excludes halogenated alkanes) is 1. The number of furan rings is 1. The Labute approximate surface area is 303 Å². The maximum atomic E-state index is 6.91. The Morgan fingerprint density at radius 1 is 0.784 bits per heavy atom. The van der Waals surface area contributed by atoms with Gasteiger partial charge in [0.25, 0.3) is 5.82 Å². The molecule has 7 aromatic rings. The number of nitrogens with zero attached hydrogens (tertiary/aromatic N) is 3. The average molecular weight is 674 g/mol. The van der Waals surface area contributed by atoms with Crippen molar-refractivity contribution in [3.8, 4) is 28.3 Å². The van der Waals surface area contributed by atoms with Gasteiger partial charge >= 0.3 is 0 Å². The molecule has 0 saturated heterocycles. The Hall–Kier alpha value is -4.96. The Morgan fingerprint density at radius 2 is 1.55 bits per heavy atom. The van der Waals surface area contributed by atoms with E-state index in [2.05, 4.69) is 165 Å². The topological polar surface area (TPSA) is 25.8 Å². The summed E-state index contributed by atoms with van der Waals surface area (Å²) in [5, 5.41) is 2.43. The molecule has 51 heavy (non-hydrogen) atoms. The third kappa shape index (κ3) is 5.34. The van der Waals surface area contributed by atoms with Gasteiger partial charge in [0, 0.05) is 35.7 Å². The van der Waals surface area contributed by atoms with E-state index in [-0.39, 0.29) is 5.54 Å². The van der Waals surface area contributed by atoms with Crippen molar-refractivity contribution in [3.05, 3.63) is 137 Å². The molecule has 0 saturated carbocycles. The summed E-state index contributed by atoms with van der Waals surface area (Å²) in [4.78, 5) is 0. The van der Waals surface area contributed by atoms with Gasteiger partial charge in [0.2, 0.25) is 5.69 Å². The van der Waals surface area contributed by atoms with Crippen LogP contribution in [-0.2, 0) is 25.4 Å². The van der Waals surface area contributed by atoms with Crippen LogP contribution in [0.2, 0.25) is 0 Å². The van der Waals surface area contributed by atoms with Gasteiger partial charge in [-0.3, -0.25) is 0 Å². The van der Waals surface area contributed by atoms with Crippen molar-refractivity contribution in [3.63, 3.8) is 0 Å². The molecule has 258 valence electrons. The quantitative estimate of drug-likeness (QED) is 0.133. The van der Waals surface area contributed by atoms with Crippen molar-refractivity contribution in [2.24, 2.45) is 7.05 Å². The summed E-state index contributed by atoms with van der Waals surface area (Å²) < 4.78 is 14.2. The average Bonchev–Trinajstić information content (AvgIpc) is 3.72. The molecule has 3 aromatic heterocycles. The van der Waals surface area contributed by atoms with Crippen molar-refractivity contribution < 1.29 is 13.6 Å². The van der Waals surface area contributed by atoms with Gasteiger partial charge in [0.1, 0.15) is 29.2 Å². The number of fused-ring (bicyclic) bond motifs is 7. The molecule has 0 amide bonds. The molecule has 4 aromatic carbocycles. The number of aromatic nitrogens is 3. The van der Waals surface area contributed by atoms with Crippen molar-refractivity contribution in [2.75, 3.05) is 0 Å². The van der Waals surface area contributed by atoms with Crippen LogP contribution < -0.4 is 9.13 Å². The van der Waals surface area contributed by atoms with E-state index < -0.39 is 0 Å². The third-order valence-corrected chi connectivity index (χ3v) is 12.0. The number of hydrogen-bond donors (Lipinski definition) is 0. The number of benzene rings is 4. The molecular formula is C47H51N3O+2. The SMILES string of the molecule is CCCCc1ccc2c(c1)oc1c3c(ccc12)C(CCc1ccccc1-c1n(-c2c(C)cccc2C)cc[n+]1C)C(CC)(CC)[n+]1ccccc1-3. The smallest absolute Gasteiger partial charge is 0.294 e. The fourth-order valence-corrected chi connectivity index (χ4v) is 9.41. The van der Waals surface area contributed by atoms with E-state index in [4.69, 9.17) is 4.42 Å². The molecule has 0 N–H and O–H groups in total. The molecule has 4 nitrogen and oxygen atoms in total. The first-order chi connectivity index (χ1) is 24.9. The zero-order valence-electron chi connectivity index (χ0n) is 31.2. The van der Waals surface area contributed by atoms with Gasteiger partial charge in [-0.25, -0.2) is 4.57 Å². The van der Waals surface area contributed by atoms with Crippen LogP contribution in [0.3, 0.4) is 0 Å². The largest absolute Gasteiger partial charge is 0.455 e. The highest BCUT2D eigenvalue weighted by Crippen LogP contribution is 2.50. The lowest BCUT2D eigenvalue weighted by Crippen LogP contribution is -2.62. The van der Waals surface area contributed by atoms with E-state index in [0.717, 1.165) is 43.3 Å². The number of imidazole rings is 1. The minimum Gasteiger partial charge on any atom is -0.455 e. The summed E-state index contributed by atoms with van der Waals surface area (Å²) in [6.07, 6.45) is 14.3. The molecule has 0 radical (unpaired) electrons. The van der Waals surface area contributed by atoms with Crippen molar-refractivity contribution in [2.45, 2.75) is 91.0 Å². The second-order valence-corrected chi connectivity index (χ2v) is 14.8. The van der Waals surface area contributed by atoms with E-state index in [9.17, 15) is 0 Å². The number of rotatable bonds is 10. The number of hydrogen-bond acceptors (Lipinski definition) is 1. The molecule has 0 spiro atoms. The van der Waals surface area contributed by atoms with Gasteiger partial charge in [-0.15, -0.1) is 0 Å². The molecule has 0 bridgehead atoms. The first-order valence-electron chi connectivity index (χ1n) is 19.1. The minimum atomic E-state index is -0.0469. The summed E-state index contributed by atoms with van der Waals surface area (Å²) in [6.45, 7) is 11.5. The predicted molar refractivity (Wildman–Crippen MR) is 209 cm³/mol. The van der Waals surface area contributed by atoms with Crippen molar-refractivity contribution in [1.82, 2.24) is 4.57 Å². The van der Waals surface area contributed by atoms with Gasteiger partial charge in [-0.05, 0) is 85.5 Å². The highest BCUT2D eigenvalue weighted by molar-refractivity contribution is 6.10. The fourth-order valence-electron chi connectivity index (χ4n) is 9.41. The Balaban J connectivity index is 1.26. The van der Waals surface area contributed by atoms with E-state index in [0.29, 0.717) is 5.92 Å². The summed E-state index contributed by atoms with van der Waals surface area (Å²) >= 11 is 0. The first kappa shape index (κ1) is 33.2. The maximum Gasteiger partial charge on any atom is 0.294 e. The lowest BCUT2D eigenvalue weighted by atomic mass is 9.68. The molecule has 8 rings (SSSR count). The minimum absolute atomic E-state index is 0.0469. The Bertz CT molecular complexity index is 2370. The maximum absolute atomic E-state index is 6.91. The molecule has 1 aliphatic heterocycles. The summed E-state index contributed by atoms with van der Waals surface area (Å²) in [6, 6.07) is 34.0. The standard InChI is InChI=1S/C47H51N3O/c1-7-10-18-34-22-24-37-38-25-26-39-40(47(8-2,9-3)50-28-14-13-21-41(50)43(39)45(38)51-42(37)31-34)27-23-35-19-11-12-20-36(35)46-48(6)29-30-49(46)44-32(4)16-15-17-33(44)5/h11-17,19-22,24-26,28-31,40H,7-10,18,23,27H2,1-6H3/q+2. The van der Waals surface area contributed by atoms with Crippen LogP contribution in [0.5, 0.6) is 0 Å². The fraction of sp³-hybridized carbons (Fsp3) is 0.319. The third-order valence-electron chi connectivity index (χ3n) is 12.0. The highest BCUT2D eigenvalue weighted by atomic mass is 16.3. The lowest BCUT2D eigenvalue weighted by molar-refractivity contribution is -0.762. The van der Waals surface area contributed by atoms with Crippen molar-refractivity contribution >= 4 is 21.9 Å². The molecule has 1 unspecified atom stereocenters. The molecule has 4 heteroatoms. The van der Waals surface area contributed by atoms with E-state index in [1.165, 1.54) is 79.8 Å². The normalized spacial score (nSPS) is 15.0. The zero-order valence-corrected chi connectivity index (χ0v) is 31.2. The number of pyridine rings is 1. The van der Waals surface area contributed by atoms with Crippen LogP contribution in [0.15, 0.2) is 114 Å². The molecular weight excluding hydrogens is 623 g/mol. The van der Waals surface area contributed by atoms with Crippen LogP contribution >= 0.6 is 0 Å². The monoisotopic (exact) mass is 673 g/mol. The van der Waals surface area contributed by atoms with Gasteiger partial charge in [0.05, 0.1) is 24.1 Å². The van der Waals surface area contributed by atoms with Crippen LogP contribution in [0, 0.1) is 13.8 Å². The molecule has 1 atom stereocenters. The van der Waals surface area contributed by atoms with E-state index in [1.54, 1.807) is 0 Å². The second-order valence-electron chi connectivity index (χ2n) is 14.8. The molecule has 0 fully saturated rings. The van der Waals surface area contributed by atoms with Crippen LogP contribution in [-0.4, -0.2) is 4.57 Å². The Morgan fingerprint density at radius 3 is 2.33 bits per heavy atom. The molecule has 0 aliphatic carbocycles. The summed E-state index contributed by atoms with van der Waals surface area (Å²) in [5.41, 5.74) is 13.8. The first-order valence-corrected chi connectivity index (χ1v) is 19.1. The zero-order chi connectivity index (χ0) is 35.3. The Kier molecular flexibility index (Phi) is 8.66. The van der Waals surface area contributed by atoms with Gasteiger partial charge < -0.3 is 4.42 Å². The van der Waals surface area contributed by atoms with Crippen molar-refractivity contribution in [1.29, 1.82) is 0 Å². The van der Waals surface area contributed by atoms with Crippen LogP contribution in [0.25, 0.3) is 50.3 Å².